The molecule has 2 aromatic carbocycles. The molecule has 2 aromatic heterocycles. The SMILES string of the molecule is COc1cc(OC)nc(Sc2cccc(Cl)c2C(=O)O)n1.COc1cc(OC)nc(Sc2cccc3c2C(=O)OC3C)n1. The van der Waals surface area contributed by atoms with Crippen LogP contribution in [0.3, 0.4) is 0 Å². The summed E-state index contributed by atoms with van der Waals surface area (Å²) in [5, 5.41) is 10.1. The number of carboxylic acid groups (broad SMARTS) is 1. The molecule has 1 aliphatic rings. The number of carbonyl (C=O) groups excluding carboxylic acids is 1. The summed E-state index contributed by atoms with van der Waals surface area (Å²) in [6.45, 7) is 1.85. The highest BCUT2D eigenvalue weighted by atomic mass is 35.5. The van der Waals surface area contributed by atoms with E-state index in [0.717, 1.165) is 22.2 Å². The lowest BCUT2D eigenvalue weighted by Crippen LogP contribution is -2.01. The smallest absolute Gasteiger partial charge is 0.340 e. The summed E-state index contributed by atoms with van der Waals surface area (Å²) in [5.41, 5.74) is 1.46. The van der Waals surface area contributed by atoms with Crippen molar-refractivity contribution in [2.45, 2.75) is 33.1 Å². The van der Waals surface area contributed by atoms with Crippen molar-refractivity contribution >= 4 is 47.1 Å². The number of fused-ring (bicyclic) bond motifs is 1. The molecule has 0 aliphatic carbocycles. The minimum absolute atomic E-state index is 0.00885. The van der Waals surface area contributed by atoms with Crippen molar-refractivity contribution in [1.29, 1.82) is 0 Å². The molecule has 0 saturated heterocycles. The summed E-state index contributed by atoms with van der Waals surface area (Å²) < 4.78 is 25.6. The second-order valence-electron chi connectivity index (χ2n) is 8.36. The van der Waals surface area contributed by atoms with E-state index in [0.29, 0.717) is 44.3 Å². The molecule has 1 atom stereocenters. The fourth-order valence-electron chi connectivity index (χ4n) is 3.74. The van der Waals surface area contributed by atoms with Crippen LogP contribution in [0.2, 0.25) is 5.02 Å². The number of benzene rings is 2. The number of hydrogen-bond acceptors (Lipinski definition) is 13. The minimum atomic E-state index is -1.11. The second kappa shape index (κ2) is 14.3. The van der Waals surface area contributed by atoms with Crippen LogP contribution in [-0.4, -0.2) is 65.4 Å². The van der Waals surface area contributed by atoms with Crippen LogP contribution >= 0.6 is 35.1 Å². The number of nitrogens with zero attached hydrogens (tertiary/aromatic N) is 4. The Balaban J connectivity index is 0.000000197. The monoisotopic (exact) mass is 644 g/mol. The van der Waals surface area contributed by atoms with Crippen LogP contribution in [0, 0.1) is 0 Å². The van der Waals surface area contributed by atoms with Crippen LogP contribution < -0.4 is 18.9 Å². The number of rotatable bonds is 9. The van der Waals surface area contributed by atoms with Crippen LogP contribution in [0.4, 0.5) is 0 Å². The van der Waals surface area contributed by atoms with Gasteiger partial charge in [0.2, 0.25) is 23.5 Å². The van der Waals surface area contributed by atoms with Crippen LogP contribution in [0.15, 0.2) is 68.6 Å². The van der Waals surface area contributed by atoms with Crippen LogP contribution in [-0.2, 0) is 4.74 Å². The maximum atomic E-state index is 12.0. The molecule has 4 aromatic rings. The third kappa shape index (κ3) is 7.58. The molecule has 1 unspecified atom stereocenters. The minimum Gasteiger partial charge on any atom is -0.481 e. The van der Waals surface area contributed by atoms with Gasteiger partial charge in [-0.05, 0) is 48.6 Å². The van der Waals surface area contributed by atoms with Crippen molar-refractivity contribution in [3.63, 3.8) is 0 Å². The lowest BCUT2D eigenvalue weighted by Gasteiger charge is -2.08. The molecule has 0 fully saturated rings. The van der Waals surface area contributed by atoms with E-state index < -0.39 is 5.97 Å². The number of aromatic nitrogens is 4. The highest BCUT2D eigenvalue weighted by molar-refractivity contribution is 7.99. The summed E-state index contributed by atoms with van der Waals surface area (Å²) in [7, 11) is 5.99. The molecule has 5 rings (SSSR count). The first kappa shape index (κ1) is 31.7. The Morgan fingerprint density at radius 2 is 1.28 bits per heavy atom. The number of carboxylic acids is 1. The Labute approximate surface area is 260 Å². The number of hydrogen-bond donors (Lipinski definition) is 1. The molecular weight excluding hydrogens is 620 g/mol. The Morgan fingerprint density at radius 3 is 1.77 bits per heavy atom. The molecule has 43 heavy (non-hydrogen) atoms. The molecule has 0 amide bonds. The number of carbonyl (C=O) groups is 2. The van der Waals surface area contributed by atoms with Gasteiger partial charge in [-0.15, -0.1) is 0 Å². The van der Waals surface area contributed by atoms with Gasteiger partial charge in [-0.25, -0.2) is 9.59 Å². The maximum Gasteiger partial charge on any atom is 0.340 e. The Hall–Kier alpha value is -4.27. The van der Waals surface area contributed by atoms with Crippen LogP contribution in [0.5, 0.6) is 23.5 Å². The highest BCUT2D eigenvalue weighted by Crippen LogP contribution is 2.39. The van der Waals surface area contributed by atoms with Gasteiger partial charge in [0.25, 0.3) is 0 Å². The van der Waals surface area contributed by atoms with E-state index in [-0.39, 0.29) is 22.7 Å². The van der Waals surface area contributed by atoms with Crippen molar-refractivity contribution < 1.29 is 38.4 Å². The summed E-state index contributed by atoms with van der Waals surface area (Å²) in [6, 6.07) is 13.6. The summed E-state index contributed by atoms with van der Waals surface area (Å²) in [4.78, 5) is 41.3. The predicted molar refractivity (Wildman–Crippen MR) is 157 cm³/mol. The molecule has 0 spiro atoms. The standard InChI is InChI=1S/C15H14N2O4S.C13H11ClN2O4S/c1-8-9-5-4-6-10(13(9)14(18)21-8)22-15-16-11(19-2)7-12(17-15)20-3;1-19-9-6-10(20-2)16-13(15-9)21-8-5-3-4-7(14)11(8)12(17)18/h4-8H,1-3H3;3-6H,1-2H3,(H,17,18). The molecule has 0 radical (unpaired) electrons. The summed E-state index contributed by atoms with van der Waals surface area (Å²) >= 11 is 8.27. The fraction of sp³-hybridized carbons (Fsp3) is 0.214. The number of halogens is 1. The van der Waals surface area contributed by atoms with Gasteiger partial charge in [-0.2, -0.15) is 19.9 Å². The van der Waals surface area contributed by atoms with Crippen molar-refractivity contribution in [3.05, 3.63) is 70.2 Å². The van der Waals surface area contributed by atoms with E-state index in [9.17, 15) is 14.7 Å². The summed E-state index contributed by atoms with van der Waals surface area (Å²) in [6.07, 6.45) is -0.233. The second-order valence-corrected chi connectivity index (χ2v) is 10.8. The normalized spacial score (nSPS) is 13.3. The topological polar surface area (TPSA) is 152 Å². The zero-order chi connectivity index (χ0) is 31.1. The molecule has 1 aliphatic heterocycles. The zero-order valence-corrected chi connectivity index (χ0v) is 25.9. The van der Waals surface area contributed by atoms with Crippen LogP contribution in [0.25, 0.3) is 0 Å². The van der Waals surface area contributed by atoms with E-state index >= 15 is 0 Å². The molecule has 0 bridgehead atoms. The van der Waals surface area contributed by atoms with E-state index in [2.05, 4.69) is 19.9 Å². The summed E-state index contributed by atoms with van der Waals surface area (Å²) in [5.74, 6) is 0.0145. The van der Waals surface area contributed by atoms with E-state index in [4.69, 9.17) is 35.3 Å². The number of esters is 1. The van der Waals surface area contributed by atoms with E-state index in [1.54, 1.807) is 18.2 Å². The first-order valence-corrected chi connectivity index (χ1v) is 14.3. The van der Waals surface area contributed by atoms with Crippen LogP contribution in [0.1, 0.15) is 39.3 Å². The van der Waals surface area contributed by atoms with E-state index in [1.165, 1.54) is 52.3 Å². The first-order valence-electron chi connectivity index (χ1n) is 12.3. The lowest BCUT2D eigenvalue weighted by molar-refractivity contribution is 0.0419. The van der Waals surface area contributed by atoms with Gasteiger partial charge in [0.1, 0.15) is 6.10 Å². The highest BCUT2D eigenvalue weighted by Gasteiger charge is 2.31. The van der Waals surface area contributed by atoms with Crippen molar-refractivity contribution in [2.24, 2.45) is 0 Å². The zero-order valence-electron chi connectivity index (χ0n) is 23.5. The Bertz CT molecular complexity index is 1620. The van der Waals surface area contributed by atoms with Crippen molar-refractivity contribution in [3.8, 4) is 23.5 Å². The van der Waals surface area contributed by atoms with Gasteiger partial charge in [-0.1, -0.05) is 29.8 Å². The first-order chi connectivity index (χ1) is 20.7. The van der Waals surface area contributed by atoms with Crippen molar-refractivity contribution in [2.75, 3.05) is 28.4 Å². The molecule has 1 N–H and O–H groups in total. The quantitative estimate of drug-likeness (QED) is 0.171. The number of ether oxygens (including phenoxy) is 5. The largest absolute Gasteiger partial charge is 0.481 e. The average molecular weight is 645 g/mol. The Morgan fingerprint density at radius 1 is 0.814 bits per heavy atom. The van der Waals surface area contributed by atoms with E-state index in [1.807, 2.05) is 25.1 Å². The van der Waals surface area contributed by atoms with Gasteiger partial charge in [0, 0.05) is 15.4 Å². The third-order valence-corrected chi connectivity index (χ3v) is 7.90. The lowest BCUT2D eigenvalue weighted by atomic mass is 10.1. The van der Waals surface area contributed by atoms with Gasteiger partial charge in [-0.3, -0.25) is 0 Å². The third-order valence-electron chi connectivity index (χ3n) is 5.73. The van der Waals surface area contributed by atoms with Gasteiger partial charge >= 0.3 is 11.9 Å². The predicted octanol–water partition coefficient (Wildman–Crippen LogP) is 5.87. The van der Waals surface area contributed by atoms with Gasteiger partial charge in [0.15, 0.2) is 10.3 Å². The fourth-order valence-corrected chi connectivity index (χ4v) is 5.89. The van der Waals surface area contributed by atoms with Gasteiger partial charge in [0.05, 0.1) is 56.7 Å². The molecule has 224 valence electrons. The van der Waals surface area contributed by atoms with Crippen molar-refractivity contribution in [1.82, 2.24) is 19.9 Å². The molecule has 12 nitrogen and oxygen atoms in total. The molecule has 0 saturated carbocycles. The number of cyclic esters (lactones) is 1. The molecular formula is C28H25ClN4O8S2. The molecule has 3 heterocycles. The average Bonchev–Trinajstić information content (AvgIpc) is 3.30. The molecule has 15 heteroatoms. The maximum absolute atomic E-state index is 12.0. The number of aromatic carboxylic acids is 1. The number of methoxy groups -OCH3 is 4. The Kier molecular flexibility index (Phi) is 10.5. The van der Waals surface area contributed by atoms with Gasteiger partial charge < -0.3 is 28.8 Å².